The van der Waals surface area contributed by atoms with E-state index in [1.54, 1.807) is 11.1 Å². The van der Waals surface area contributed by atoms with Crippen molar-refractivity contribution in [3.05, 3.63) is 90.3 Å². The lowest BCUT2D eigenvalue weighted by Gasteiger charge is -2.23. The number of hydrogen-bond acceptors (Lipinski definition) is 4. The minimum Gasteiger partial charge on any atom is -0.382 e. The van der Waals surface area contributed by atoms with Crippen LogP contribution in [0.3, 0.4) is 0 Å². The zero-order chi connectivity index (χ0) is 19.9. The number of hydrogen-bond donors (Lipinski definition) is 1. The molecule has 148 valence electrons. The average Bonchev–Trinajstić information content (AvgIpc) is 3.31. The molecule has 5 nitrogen and oxygen atoms in total. The van der Waals surface area contributed by atoms with Gasteiger partial charge in [-0.15, -0.1) is 0 Å². The van der Waals surface area contributed by atoms with Gasteiger partial charge in [0.25, 0.3) is 5.91 Å². The Morgan fingerprint density at radius 3 is 2.55 bits per heavy atom. The molecule has 2 aromatic carbocycles. The van der Waals surface area contributed by atoms with E-state index in [4.69, 9.17) is 4.74 Å². The summed E-state index contributed by atoms with van der Waals surface area (Å²) in [5.74, 6) is -0.124. The number of carbonyl (C=O) groups excluding carboxylic acids is 1. The molecule has 1 atom stereocenters. The third-order valence-electron chi connectivity index (χ3n) is 5.03. The molecule has 0 saturated carbocycles. The van der Waals surface area contributed by atoms with Gasteiger partial charge in [0.15, 0.2) is 0 Å². The monoisotopic (exact) mass is 387 g/mol. The zero-order valence-corrected chi connectivity index (χ0v) is 16.3. The smallest absolute Gasteiger partial charge is 0.277 e. The molecule has 1 aliphatic heterocycles. The normalized spacial score (nSPS) is 15.8. The van der Waals surface area contributed by atoms with E-state index < -0.39 is 0 Å². The standard InChI is InChI=1S/C24H25N3O2/c28-24(23-16-20(13-14-25-23)26-17-22-12-7-15-29-22)27(21-10-5-2-6-11-21)18-19-8-3-1-4-9-19/h1-6,8-11,13-14,16,22H,7,12,15,17-18H2,(H,25,26). The van der Waals surface area contributed by atoms with E-state index in [-0.39, 0.29) is 12.0 Å². The van der Waals surface area contributed by atoms with Crippen LogP contribution in [0.25, 0.3) is 0 Å². The molecule has 0 radical (unpaired) electrons. The molecular formula is C24H25N3O2. The third kappa shape index (κ3) is 5.00. The van der Waals surface area contributed by atoms with Gasteiger partial charge < -0.3 is 15.0 Å². The summed E-state index contributed by atoms with van der Waals surface area (Å²) < 4.78 is 5.66. The quantitative estimate of drug-likeness (QED) is 0.648. The Kier molecular flexibility index (Phi) is 6.17. The Bertz CT molecular complexity index is 925. The molecule has 1 N–H and O–H groups in total. The molecule has 0 aliphatic carbocycles. The van der Waals surface area contributed by atoms with Gasteiger partial charge in [0.05, 0.1) is 12.6 Å². The highest BCUT2D eigenvalue weighted by atomic mass is 16.5. The number of pyridine rings is 1. The van der Waals surface area contributed by atoms with E-state index in [9.17, 15) is 4.79 Å². The minimum atomic E-state index is -0.124. The van der Waals surface area contributed by atoms with Crippen molar-refractivity contribution < 1.29 is 9.53 Å². The van der Waals surface area contributed by atoms with Crippen LogP contribution in [0.4, 0.5) is 11.4 Å². The Balaban J connectivity index is 1.54. The Labute approximate surface area is 171 Å². The topological polar surface area (TPSA) is 54.5 Å². The van der Waals surface area contributed by atoms with E-state index in [1.807, 2.05) is 72.8 Å². The average molecular weight is 387 g/mol. The second-order valence-corrected chi connectivity index (χ2v) is 7.16. The lowest BCUT2D eigenvalue weighted by molar-refractivity contribution is 0.0980. The number of nitrogens with zero attached hydrogens (tertiary/aromatic N) is 2. The summed E-state index contributed by atoms with van der Waals surface area (Å²) in [5.41, 5.74) is 3.21. The second kappa shape index (κ2) is 9.34. The van der Waals surface area contributed by atoms with Crippen molar-refractivity contribution >= 4 is 17.3 Å². The van der Waals surface area contributed by atoms with Crippen molar-refractivity contribution in [1.29, 1.82) is 0 Å². The second-order valence-electron chi connectivity index (χ2n) is 7.16. The summed E-state index contributed by atoms with van der Waals surface area (Å²) in [7, 11) is 0. The fourth-order valence-electron chi connectivity index (χ4n) is 3.49. The van der Waals surface area contributed by atoms with E-state index in [2.05, 4.69) is 10.3 Å². The largest absolute Gasteiger partial charge is 0.382 e. The number of aromatic nitrogens is 1. The molecule has 1 aromatic heterocycles. The molecule has 5 heteroatoms. The number of carbonyl (C=O) groups is 1. The first-order valence-corrected chi connectivity index (χ1v) is 10.0. The summed E-state index contributed by atoms with van der Waals surface area (Å²) in [5, 5.41) is 3.37. The van der Waals surface area contributed by atoms with Gasteiger partial charge in [0.2, 0.25) is 0 Å². The van der Waals surface area contributed by atoms with Crippen molar-refractivity contribution in [3.63, 3.8) is 0 Å². The van der Waals surface area contributed by atoms with E-state index >= 15 is 0 Å². The van der Waals surface area contributed by atoms with Crippen LogP contribution in [0.5, 0.6) is 0 Å². The molecular weight excluding hydrogens is 362 g/mol. The number of benzene rings is 2. The van der Waals surface area contributed by atoms with Crippen LogP contribution < -0.4 is 10.2 Å². The summed E-state index contributed by atoms with van der Waals surface area (Å²) in [6.07, 6.45) is 4.10. The predicted molar refractivity (Wildman–Crippen MR) is 115 cm³/mol. The van der Waals surface area contributed by atoms with Crippen molar-refractivity contribution in [1.82, 2.24) is 4.98 Å². The lowest BCUT2D eigenvalue weighted by Crippen LogP contribution is -2.31. The van der Waals surface area contributed by atoms with E-state index in [0.717, 1.165) is 42.9 Å². The Morgan fingerprint density at radius 2 is 1.83 bits per heavy atom. The Hall–Kier alpha value is -3.18. The fraction of sp³-hybridized carbons (Fsp3) is 0.250. The molecule has 0 bridgehead atoms. The fourth-order valence-corrected chi connectivity index (χ4v) is 3.49. The van der Waals surface area contributed by atoms with Crippen LogP contribution in [0.15, 0.2) is 79.0 Å². The summed E-state index contributed by atoms with van der Waals surface area (Å²) in [6, 6.07) is 23.4. The minimum absolute atomic E-state index is 0.124. The zero-order valence-electron chi connectivity index (χ0n) is 16.3. The van der Waals surface area contributed by atoms with Crippen LogP contribution in [0.2, 0.25) is 0 Å². The maximum absolute atomic E-state index is 13.4. The highest BCUT2D eigenvalue weighted by molar-refractivity contribution is 6.05. The molecule has 29 heavy (non-hydrogen) atoms. The molecule has 3 aromatic rings. The van der Waals surface area contributed by atoms with Gasteiger partial charge in [0, 0.05) is 30.7 Å². The molecule has 1 aliphatic rings. The SMILES string of the molecule is O=C(c1cc(NCC2CCCO2)ccn1)N(Cc1ccccc1)c1ccccc1. The molecule has 1 amide bonds. The summed E-state index contributed by atoms with van der Waals surface area (Å²) in [4.78, 5) is 19.5. The first kappa shape index (κ1) is 19.2. The molecule has 1 saturated heterocycles. The molecule has 2 heterocycles. The molecule has 1 unspecified atom stereocenters. The first-order valence-electron chi connectivity index (χ1n) is 10.0. The number of amides is 1. The van der Waals surface area contributed by atoms with Gasteiger partial charge in [-0.3, -0.25) is 9.78 Å². The van der Waals surface area contributed by atoms with Crippen LogP contribution in [-0.4, -0.2) is 30.1 Å². The van der Waals surface area contributed by atoms with Crippen molar-refractivity contribution in [2.75, 3.05) is 23.4 Å². The maximum atomic E-state index is 13.4. The highest BCUT2D eigenvalue weighted by Crippen LogP contribution is 2.21. The van der Waals surface area contributed by atoms with Crippen molar-refractivity contribution in [3.8, 4) is 0 Å². The number of nitrogens with one attached hydrogen (secondary N) is 1. The highest BCUT2D eigenvalue weighted by Gasteiger charge is 2.20. The van der Waals surface area contributed by atoms with Crippen LogP contribution in [-0.2, 0) is 11.3 Å². The van der Waals surface area contributed by atoms with Crippen molar-refractivity contribution in [2.45, 2.75) is 25.5 Å². The molecule has 4 rings (SSSR count). The number of ether oxygens (including phenoxy) is 1. The van der Waals surface area contributed by atoms with Crippen LogP contribution in [0.1, 0.15) is 28.9 Å². The summed E-state index contributed by atoms with van der Waals surface area (Å²) >= 11 is 0. The Morgan fingerprint density at radius 1 is 1.07 bits per heavy atom. The van der Waals surface area contributed by atoms with Crippen LogP contribution >= 0.6 is 0 Å². The van der Waals surface area contributed by atoms with Crippen LogP contribution in [0, 0.1) is 0 Å². The van der Waals surface area contributed by atoms with Gasteiger partial charge in [-0.1, -0.05) is 48.5 Å². The van der Waals surface area contributed by atoms with Gasteiger partial charge >= 0.3 is 0 Å². The van der Waals surface area contributed by atoms with Gasteiger partial charge in [0.1, 0.15) is 5.69 Å². The van der Waals surface area contributed by atoms with E-state index in [1.165, 1.54) is 0 Å². The molecule has 0 spiro atoms. The lowest BCUT2D eigenvalue weighted by atomic mass is 10.1. The maximum Gasteiger partial charge on any atom is 0.277 e. The van der Waals surface area contributed by atoms with Gasteiger partial charge in [-0.25, -0.2) is 0 Å². The van der Waals surface area contributed by atoms with Gasteiger partial charge in [-0.2, -0.15) is 0 Å². The summed E-state index contributed by atoms with van der Waals surface area (Å²) in [6.45, 7) is 2.06. The van der Waals surface area contributed by atoms with Gasteiger partial charge in [-0.05, 0) is 42.7 Å². The number of anilines is 2. The number of para-hydroxylation sites is 1. The first-order chi connectivity index (χ1) is 14.3. The van der Waals surface area contributed by atoms with Crippen molar-refractivity contribution in [2.24, 2.45) is 0 Å². The molecule has 1 fully saturated rings. The predicted octanol–water partition coefficient (Wildman–Crippen LogP) is 4.52. The van der Waals surface area contributed by atoms with E-state index in [0.29, 0.717) is 12.2 Å². The third-order valence-corrected chi connectivity index (χ3v) is 5.03. The number of rotatable bonds is 7.